The zero-order valence-corrected chi connectivity index (χ0v) is 19.4. The van der Waals surface area contributed by atoms with Crippen LogP contribution >= 0.6 is 0 Å². The van der Waals surface area contributed by atoms with Crippen LogP contribution in [-0.4, -0.2) is 24.8 Å². The van der Waals surface area contributed by atoms with Gasteiger partial charge < -0.3 is 9.84 Å². The average molecular weight is 439 g/mol. The largest absolute Gasteiger partial charge is 0.505 e. The second-order valence-corrected chi connectivity index (χ2v) is 8.71. The minimum absolute atomic E-state index is 0. The maximum Gasteiger partial charge on any atom is 0.155 e. The second kappa shape index (κ2) is 10.8. The van der Waals surface area contributed by atoms with Crippen LogP contribution in [0, 0.1) is 5.92 Å². The number of ether oxygens (including phenoxy) is 1. The predicted molar refractivity (Wildman–Crippen MR) is 121 cm³/mol. The van der Waals surface area contributed by atoms with E-state index in [9.17, 15) is 5.11 Å². The Balaban J connectivity index is 0.00000240. The maximum atomic E-state index is 11.4. The number of fused-ring (bicyclic) bond motifs is 3. The van der Waals surface area contributed by atoms with Crippen LogP contribution in [0.15, 0.2) is 32.1 Å². The van der Waals surface area contributed by atoms with Crippen LogP contribution < -0.4 is 4.74 Å². The number of phenols is 1. The maximum absolute atomic E-state index is 11.4. The van der Waals surface area contributed by atoms with Crippen LogP contribution in [0.2, 0.25) is 0 Å². The average Bonchev–Trinajstić information content (AvgIpc) is 2.66. The Morgan fingerprint density at radius 2 is 1.74 bits per heavy atom. The molecule has 0 saturated heterocycles. The van der Waals surface area contributed by atoms with Gasteiger partial charge in [-0.2, -0.15) is 20.5 Å². The number of benzene rings is 1. The van der Waals surface area contributed by atoms with Gasteiger partial charge in [0.05, 0.1) is 0 Å². The summed E-state index contributed by atoms with van der Waals surface area (Å²) in [5.74, 6) is 1.20. The molecule has 6 nitrogen and oxygen atoms in total. The van der Waals surface area contributed by atoms with E-state index in [4.69, 9.17) is 4.74 Å². The normalized spacial score (nSPS) is 21.5. The summed E-state index contributed by atoms with van der Waals surface area (Å²) in [4.78, 5) is 0. The lowest BCUT2D eigenvalue weighted by atomic mass is 9.67. The summed E-state index contributed by atoms with van der Waals surface area (Å²) < 4.78 is 6.55. The monoisotopic (exact) mass is 438 g/mol. The molecule has 0 radical (unpaired) electrons. The third kappa shape index (κ3) is 4.93. The molecule has 0 bridgehead atoms. The van der Waals surface area contributed by atoms with Crippen molar-refractivity contribution in [1.29, 1.82) is 0 Å². The van der Waals surface area contributed by atoms with E-state index in [1.54, 1.807) is 14.1 Å². The number of azo groups is 2. The van der Waals surface area contributed by atoms with E-state index in [-0.39, 0.29) is 32.6 Å². The van der Waals surface area contributed by atoms with Crippen LogP contribution in [0.25, 0.3) is 0 Å². The van der Waals surface area contributed by atoms with E-state index in [0.717, 1.165) is 49.7 Å². The number of unbranched alkanes of at least 4 members (excludes halogenated alkanes) is 2. The van der Waals surface area contributed by atoms with Gasteiger partial charge in [0.1, 0.15) is 17.0 Å². The lowest BCUT2D eigenvalue weighted by Gasteiger charge is -2.47. The number of hydrogen-bond donors (Lipinski definition) is 1. The summed E-state index contributed by atoms with van der Waals surface area (Å²) in [6, 6.07) is 0. The van der Waals surface area contributed by atoms with Gasteiger partial charge in [0.2, 0.25) is 0 Å². The number of allylic oxidation sites excluding steroid dienone is 2. The second-order valence-electron chi connectivity index (χ2n) is 8.71. The molecule has 0 aromatic heterocycles. The van der Waals surface area contributed by atoms with E-state index in [2.05, 4.69) is 54.2 Å². The molecule has 2 aliphatic rings. The molecule has 31 heavy (non-hydrogen) atoms. The highest BCUT2D eigenvalue weighted by molar-refractivity contribution is 5.78. The van der Waals surface area contributed by atoms with Gasteiger partial charge in [-0.1, -0.05) is 31.4 Å². The van der Waals surface area contributed by atoms with Crippen molar-refractivity contribution < 1.29 is 19.3 Å². The van der Waals surface area contributed by atoms with Gasteiger partial charge in [-0.25, -0.2) is 0 Å². The summed E-state index contributed by atoms with van der Waals surface area (Å²) in [7, 11) is 3.29. The van der Waals surface area contributed by atoms with Gasteiger partial charge in [-0.15, -0.1) is 0 Å². The Hall–Kier alpha value is -2.38. The number of phenolic OH excluding ortho intramolecular Hbond substituents is 1. The van der Waals surface area contributed by atoms with Crippen molar-refractivity contribution in [3.05, 3.63) is 22.8 Å². The van der Waals surface area contributed by atoms with Crippen molar-refractivity contribution in [2.75, 3.05) is 14.1 Å². The first-order chi connectivity index (χ1) is 13.9. The third-order valence-corrected chi connectivity index (χ3v) is 6.28. The highest BCUT2D eigenvalue weighted by Gasteiger charge is 2.47. The molecule has 1 heterocycles. The fourth-order valence-corrected chi connectivity index (χ4v) is 4.84. The Kier molecular flexibility index (Phi) is 9.26. The first-order valence-electron chi connectivity index (χ1n) is 10.7. The Bertz CT molecular complexity index is 866. The highest BCUT2D eigenvalue weighted by Crippen LogP contribution is 2.60. The van der Waals surface area contributed by atoms with Crippen LogP contribution in [0.1, 0.15) is 76.8 Å². The summed E-state index contributed by atoms with van der Waals surface area (Å²) in [6.07, 6.45) is 8.33. The van der Waals surface area contributed by atoms with E-state index in [1.165, 1.54) is 5.57 Å². The summed E-state index contributed by atoms with van der Waals surface area (Å²) in [6.45, 7) is 8.62. The van der Waals surface area contributed by atoms with Crippen LogP contribution in [0.3, 0.4) is 0 Å². The van der Waals surface area contributed by atoms with Gasteiger partial charge >= 0.3 is 0 Å². The summed E-state index contributed by atoms with van der Waals surface area (Å²) in [5.41, 5.74) is 3.87. The molecule has 0 unspecified atom stereocenters. The van der Waals surface area contributed by atoms with Crippen molar-refractivity contribution in [3.63, 3.8) is 0 Å². The van der Waals surface area contributed by atoms with Gasteiger partial charge in [-0.3, -0.25) is 9.41 Å². The number of rotatable bonds is 6. The molecule has 1 N–H and O–H groups in total. The number of halogens is 2. The topological polar surface area (TPSA) is 78.9 Å². The fraction of sp³-hybridized carbons (Fsp3) is 0.652. The van der Waals surface area contributed by atoms with Gasteiger partial charge in [0.15, 0.2) is 11.5 Å². The third-order valence-electron chi connectivity index (χ3n) is 6.28. The van der Waals surface area contributed by atoms with Crippen LogP contribution in [0.5, 0.6) is 11.5 Å². The van der Waals surface area contributed by atoms with Crippen LogP contribution in [0.4, 0.5) is 20.8 Å². The molecule has 0 spiro atoms. The molecule has 3 rings (SSSR count). The highest BCUT2D eigenvalue weighted by atomic mass is 19.0. The Labute approximate surface area is 183 Å². The number of nitrogens with zero attached hydrogens (tertiary/aromatic N) is 4. The molecular weight excluding hydrogens is 402 g/mol. The molecule has 1 aliphatic heterocycles. The van der Waals surface area contributed by atoms with Crippen LogP contribution in [-0.2, 0) is 6.42 Å². The molecule has 1 aliphatic carbocycles. The van der Waals surface area contributed by atoms with Crippen molar-refractivity contribution in [3.8, 4) is 11.5 Å². The molecule has 174 valence electrons. The molecule has 0 amide bonds. The van der Waals surface area contributed by atoms with E-state index in [1.807, 2.05) is 0 Å². The van der Waals surface area contributed by atoms with E-state index in [0.29, 0.717) is 17.1 Å². The molecule has 1 aromatic rings. The van der Waals surface area contributed by atoms with Crippen molar-refractivity contribution in [2.24, 2.45) is 26.4 Å². The Morgan fingerprint density at radius 1 is 1.10 bits per heavy atom. The number of aromatic hydroxyl groups is 1. The first kappa shape index (κ1) is 26.7. The molecule has 1 aromatic carbocycles. The van der Waals surface area contributed by atoms with Gasteiger partial charge in [0, 0.05) is 37.1 Å². The molecule has 0 saturated carbocycles. The minimum Gasteiger partial charge on any atom is -0.505 e. The summed E-state index contributed by atoms with van der Waals surface area (Å²) >= 11 is 0. The quantitative estimate of drug-likeness (QED) is 0.284. The minimum atomic E-state index is -0.353. The Morgan fingerprint density at radius 3 is 2.35 bits per heavy atom. The van der Waals surface area contributed by atoms with Crippen molar-refractivity contribution in [2.45, 2.75) is 77.7 Å². The van der Waals surface area contributed by atoms with Crippen molar-refractivity contribution >= 4 is 11.4 Å². The molecular formula is C23H36F2N4O2. The predicted octanol–water partition coefficient (Wildman–Crippen LogP) is 7.47. The molecule has 0 fully saturated rings. The van der Waals surface area contributed by atoms with Gasteiger partial charge in [0.25, 0.3) is 0 Å². The SMILES string of the molecule is CCCCCc1c(N=NC)c(O)c2c(c1N=NC)OC(C)(C)[C@@H]1CCC(C)=C[C@@H]21.F.F. The fourth-order valence-electron chi connectivity index (χ4n) is 4.84. The first-order valence-corrected chi connectivity index (χ1v) is 10.7. The molecule has 2 atom stereocenters. The molecule has 8 heteroatoms. The zero-order valence-electron chi connectivity index (χ0n) is 19.4. The lowest BCUT2D eigenvalue weighted by molar-refractivity contribution is 0.0113. The van der Waals surface area contributed by atoms with Crippen molar-refractivity contribution in [1.82, 2.24) is 0 Å². The zero-order chi connectivity index (χ0) is 21.2. The van der Waals surface area contributed by atoms with E-state index < -0.39 is 0 Å². The smallest absolute Gasteiger partial charge is 0.155 e. The van der Waals surface area contributed by atoms with Gasteiger partial charge in [-0.05, 0) is 46.5 Å². The van der Waals surface area contributed by atoms with E-state index >= 15 is 0 Å². The summed E-state index contributed by atoms with van der Waals surface area (Å²) in [5, 5.41) is 28.2. The lowest BCUT2D eigenvalue weighted by Crippen LogP contribution is -2.45. The number of hydrogen-bond acceptors (Lipinski definition) is 6. The standard InChI is InChI=1S/C23H34N4O2.2FH/c1-7-8-9-10-15-19(26-24-5)21(28)18-16-13-14(2)11-12-17(16)23(3,4)29-22(18)20(15)27-25-6;;/h13,16-17,28H,7-12H2,1-6H3;2*1H/t16-,17-;;/m1../s1.